The molecule has 1 saturated heterocycles. The van der Waals surface area contributed by atoms with Crippen LogP contribution >= 0.6 is 0 Å². The summed E-state index contributed by atoms with van der Waals surface area (Å²) < 4.78 is 4.54. The monoisotopic (exact) mass is 479 g/mol. The molecule has 1 aromatic rings. The van der Waals surface area contributed by atoms with Gasteiger partial charge in [0.15, 0.2) is 0 Å². The Morgan fingerprint density at radius 1 is 1.18 bits per heavy atom. The molecule has 0 spiro atoms. The molecule has 2 rings (SSSR count). The van der Waals surface area contributed by atoms with E-state index in [1.807, 2.05) is 44.2 Å². The third kappa shape index (κ3) is 16.8. The van der Waals surface area contributed by atoms with Crippen molar-refractivity contribution in [1.82, 2.24) is 10.6 Å². The Morgan fingerprint density at radius 3 is 2.21 bits per heavy atom. The van der Waals surface area contributed by atoms with Crippen LogP contribution in [0.25, 0.3) is 0 Å². The van der Waals surface area contributed by atoms with Gasteiger partial charge < -0.3 is 25.9 Å². The van der Waals surface area contributed by atoms with Crippen molar-refractivity contribution in [3.05, 3.63) is 35.9 Å². The number of rotatable bonds is 10. The third-order valence-electron chi connectivity index (χ3n) is 4.42. The van der Waals surface area contributed by atoms with E-state index in [2.05, 4.69) is 36.1 Å². The Bertz CT molecular complexity index is 692. The summed E-state index contributed by atoms with van der Waals surface area (Å²) in [7, 11) is 0. The minimum Gasteiger partial charge on any atom is -0.463 e. The first-order valence-corrected chi connectivity index (χ1v) is 11.5. The molecule has 34 heavy (non-hydrogen) atoms. The summed E-state index contributed by atoms with van der Waals surface area (Å²) in [6.45, 7) is 11.9. The summed E-state index contributed by atoms with van der Waals surface area (Å²) in [6.07, 6.45) is 2.29. The van der Waals surface area contributed by atoms with Crippen LogP contribution in [0.15, 0.2) is 30.3 Å². The molecule has 3 atom stereocenters. The van der Waals surface area contributed by atoms with Crippen LogP contribution in [0.2, 0.25) is 0 Å². The van der Waals surface area contributed by atoms with Gasteiger partial charge in [0.1, 0.15) is 12.9 Å². The van der Waals surface area contributed by atoms with Crippen molar-refractivity contribution in [2.75, 3.05) is 6.54 Å². The molecule has 3 unspecified atom stereocenters. The second-order valence-electron chi connectivity index (χ2n) is 9.12. The van der Waals surface area contributed by atoms with Gasteiger partial charge in [-0.05, 0) is 36.7 Å². The molecule has 4 N–H and O–H groups in total. The summed E-state index contributed by atoms with van der Waals surface area (Å²) >= 11 is 0. The maximum Gasteiger partial charge on any atom is 0.293 e. The summed E-state index contributed by atoms with van der Waals surface area (Å²) in [6, 6.07) is 8.30. The Hall–Kier alpha value is -2.74. The van der Waals surface area contributed by atoms with E-state index in [0.29, 0.717) is 51.1 Å². The fourth-order valence-electron chi connectivity index (χ4n) is 2.93. The molecule has 1 fully saturated rings. The Kier molecular flexibility index (Phi) is 19.4. The topological polar surface area (TPSA) is 128 Å². The van der Waals surface area contributed by atoms with Crippen molar-refractivity contribution >= 4 is 24.6 Å². The van der Waals surface area contributed by atoms with Gasteiger partial charge in [-0.25, -0.2) is 0 Å². The number of benzene rings is 1. The molecule has 0 radical (unpaired) electrons. The quantitative estimate of drug-likeness (QED) is 0.442. The summed E-state index contributed by atoms with van der Waals surface area (Å²) in [5, 5.41) is 5.32. The first kappa shape index (κ1) is 33.4. The first-order chi connectivity index (χ1) is 15.6. The van der Waals surface area contributed by atoms with E-state index in [0.717, 1.165) is 11.5 Å². The van der Waals surface area contributed by atoms with Gasteiger partial charge in [-0.2, -0.15) is 0 Å². The maximum atomic E-state index is 11.8. The van der Waals surface area contributed by atoms with E-state index in [4.69, 9.17) is 5.73 Å². The van der Waals surface area contributed by atoms with Crippen molar-refractivity contribution in [3.8, 4) is 0 Å². The highest BCUT2D eigenvalue weighted by atomic mass is 16.5. The van der Waals surface area contributed by atoms with Crippen molar-refractivity contribution in [1.29, 1.82) is 0 Å². The smallest absolute Gasteiger partial charge is 0.293 e. The van der Waals surface area contributed by atoms with Crippen molar-refractivity contribution < 1.29 is 23.9 Å². The largest absolute Gasteiger partial charge is 0.463 e. The molecule has 1 heterocycles. The highest BCUT2D eigenvalue weighted by molar-refractivity contribution is 5.85. The van der Waals surface area contributed by atoms with Gasteiger partial charge in [-0.15, -0.1) is 0 Å². The summed E-state index contributed by atoms with van der Waals surface area (Å²) in [5.41, 5.74) is 6.76. The number of hydrogen-bond donors (Lipinski definition) is 3. The average molecular weight is 480 g/mol. The van der Waals surface area contributed by atoms with Gasteiger partial charge >= 0.3 is 0 Å². The van der Waals surface area contributed by atoms with Gasteiger partial charge in [0, 0.05) is 12.5 Å². The number of nitrogens with two attached hydrogens (primary N) is 1. The van der Waals surface area contributed by atoms with Crippen molar-refractivity contribution in [2.24, 2.45) is 23.5 Å². The van der Waals surface area contributed by atoms with E-state index in [1.54, 1.807) is 0 Å². The molecule has 1 aromatic carbocycles. The highest BCUT2D eigenvalue weighted by Gasteiger charge is 2.28. The maximum absolute atomic E-state index is 11.8. The number of carbonyl (C=O) groups excluding carboxylic acids is 4. The molecule has 0 aromatic heterocycles. The second-order valence-corrected chi connectivity index (χ2v) is 9.12. The number of hydrogen-bond acceptors (Lipinski definition) is 6. The zero-order chi connectivity index (χ0) is 25.2. The van der Waals surface area contributed by atoms with Crippen LogP contribution in [0.1, 0.15) is 66.9 Å². The van der Waals surface area contributed by atoms with Gasteiger partial charge in [0.05, 0.1) is 12.1 Å². The minimum absolute atomic E-state index is 0. The fourth-order valence-corrected chi connectivity index (χ4v) is 2.93. The Balaban J connectivity index is 0. The number of aldehydes is 1. The highest BCUT2D eigenvalue weighted by Crippen LogP contribution is 2.15. The molecule has 194 valence electrons. The lowest BCUT2D eigenvalue weighted by Crippen LogP contribution is -2.47. The predicted molar refractivity (Wildman–Crippen MR) is 136 cm³/mol. The van der Waals surface area contributed by atoms with Crippen LogP contribution in [-0.4, -0.2) is 43.2 Å². The van der Waals surface area contributed by atoms with E-state index >= 15 is 0 Å². The molecule has 8 nitrogen and oxygen atoms in total. The van der Waals surface area contributed by atoms with Crippen LogP contribution < -0.4 is 16.4 Å². The molecule has 2 amide bonds. The van der Waals surface area contributed by atoms with E-state index in [1.165, 1.54) is 0 Å². The molecule has 1 aliphatic heterocycles. The predicted octanol–water partition coefficient (Wildman–Crippen LogP) is 3.23. The molecule has 0 saturated carbocycles. The van der Waals surface area contributed by atoms with Gasteiger partial charge in [-0.1, -0.05) is 72.4 Å². The number of ether oxygens (including phenoxy) is 1. The zero-order valence-corrected chi connectivity index (χ0v) is 20.6. The minimum atomic E-state index is -0.639. The Labute approximate surface area is 205 Å². The SMILES string of the molecule is C.CC(C)C.CC(C)CC(N)C(=O)NC(C=O)CC1CCNC1=O.O=COCc1ccccc1. The van der Waals surface area contributed by atoms with Crippen LogP contribution in [0.5, 0.6) is 0 Å². The normalized spacial score (nSPS) is 15.9. The number of amides is 2. The van der Waals surface area contributed by atoms with Crippen LogP contribution in [0.4, 0.5) is 0 Å². The van der Waals surface area contributed by atoms with Crippen LogP contribution in [0.3, 0.4) is 0 Å². The first-order valence-electron chi connectivity index (χ1n) is 11.5. The van der Waals surface area contributed by atoms with E-state index < -0.39 is 12.1 Å². The fraction of sp³-hybridized carbons (Fsp3) is 0.615. The third-order valence-corrected chi connectivity index (χ3v) is 4.42. The summed E-state index contributed by atoms with van der Waals surface area (Å²) in [4.78, 5) is 44.0. The second kappa shape index (κ2) is 19.7. The lowest BCUT2D eigenvalue weighted by molar-refractivity contribution is -0.129. The van der Waals surface area contributed by atoms with Crippen LogP contribution in [0, 0.1) is 17.8 Å². The molecule has 8 heteroatoms. The number of carbonyl (C=O) groups is 4. The standard InChI is InChI=1S/C13H23N3O3.C8H8O2.C4H10.CH4/c1-8(2)5-11(14)13(19)16-10(7-17)6-9-3-4-15-12(9)18;9-7-10-6-8-4-2-1-3-5-8;1-4(2)3;/h7-11H,3-6,14H2,1-2H3,(H,15,18)(H,16,19);1-5,7H,6H2;4H,1-3H3;1H4. The van der Waals surface area contributed by atoms with Crippen LogP contribution in [-0.2, 0) is 30.5 Å². The molecular weight excluding hydrogens is 434 g/mol. The molecule has 1 aliphatic rings. The van der Waals surface area contributed by atoms with E-state index in [-0.39, 0.29) is 25.2 Å². The lowest BCUT2D eigenvalue weighted by Gasteiger charge is -2.19. The Morgan fingerprint density at radius 2 is 1.76 bits per heavy atom. The number of nitrogens with one attached hydrogen (secondary N) is 2. The van der Waals surface area contributed by atoms with Crippen molar-refractivity contribution in [2.45, 2.75) is 80.0 Å². The van der Waals surface area contributed by atoms with Gasteiger partial charge in [-0.3, -0.25) is 14.4 Å². The molecular formula is C26H45N3O5. The van der Waals surface area contributed by atoms with Gasteiger partial charge in [0.2, 0.25) is 11.8 Å². The average Bonchev–Trinajstić information content (AvgIpc) is 3.16. The molecule has 0 aliphatic carbocycles. The van der Waals surface area contributed by atoms with E-state index in [9.17, 15) is 19.2 Å². The molecule has 0 bridgehead atoms. The zero-order valence-electron chi connectivity index (χ0n) is 20.6. The van der Waals surface area contributed by atoms with Gasteiger partial charge in [0.25, 0.3) is 6.47 Å². The summed E-state index contributed by atoms with van der Waals surface area (Å²) in [5.74, 6) is 0.574. The lowest BCUT2D eigenvalue weighted by atomic mass is 9.98. The van der Waals surface area contributed by atoms with Crippen molar-refractivity contribution in [3.63, 3.8) is 0 Å².